The SMILES string of the molecule is CCC(CO)NC(=O)Cc1ccccc1C(=O)O. The molecule has 0 bridgehead atoms. The standard InChI is InChI=1S/C13H17NO4/c1-2-10(8-15)14-12(16)7-9-5-3-4-6-11(9)13(17)18/h3-6,10,15H,2,7-8H2,1H3,(H,14,16)(H,17,18). The van der Waals surface area contributed by atoms with Gasteiger partial charge in [-0.1, -0.05) is 25.1 Å². The topological polar surface area (TPSA) is 86.6 Å². The number of amides is 1. The number of aliphatic hydroxyl groups excluding tert-OH is 1. The lowest BCUT2D eigenvalue weighted by molar-refractivity contribution is -0.121. The predicted octanol–water partition coefficient (Wildman–Crippen LogP) is 0.814. The normalized spacial score (nSPS) is 11.9. The Morgan fingerprint density at radius 3 is 2.56 bits per heavy atom. The summed E-state index contributed by atoms with van der Waals surface area (Å²) in [5.41, 5.74) is 0.597. The molecule has 0 saturated heterocycles. The Kier molecular flexibility index (Phi) is 5.32. The molecular weight excluding hydrogens is 234 g/mol. The number of benzene rings is 1. The van der Waals surface area contributed by atoms with Crippen LogP contribution in [0.2, 0.25) is 0 Å². The van der Waals surface area contributed by atoms with E-state index in [9.17, 15) is 9.59 Å². The molecule has 0 spiro atoms. The monoisotopic (exact) mass is 251 g/mol. The minimum atomic E-state index is -1.05. The van der Waals surface area contributed by atoms with Crippen molar-refractivity contribution in [2.24, 2.45) is 0 Å². The highest BCUT2D eigenvalue weighted by atomic mass is 16.4. The summed E-state index contributed by atoms with van der Waals surface area (Å²) in [5.74, 6) is -1.34. The van der Waals surface area contributed by atoms with E-state index in [-0.39, 0.29) is 30.5 Å². The van der Waals surface area contributed by atoms with Gasteiger partial charge in [0.1, 0.15) is 0 Å². The molecule has 98 valence electrons. The molecule has 1 atom stereocenters. The molecule has 3 N–H and O–H groups in total. The lowest BCUT2D eigenvalue weighted by atomic mass is 10.0. The number of nitrogens with one attached hydrogen (secondary N) is 1. The van der Waals surface area contributed by atoms with E-state index in [1.165, 1.54) is 6.07 Å². The Hall–Kier alpha value is -1.88. The van der Waals surface area contributed by atoms with E-state index >= 15 is 0 Å². The molecule has 1 aromatic rings. The molecule has 0 saturated carbocycles. The Balaban J connectivity index is 2.73. The van der Waals surface area contributed by atoms with E-state index in [1.54, 1.807) is 18.2 Å². The number of carbonyl (C=O) groups is 2. The Bertz CT molecular complexity index is 427. The number of carbonyl (C=O) groups excluding carboxylic acids is 1. The van der Waals surface area contributed by atoms with Gasteiger partial charge in [-0.25, -0.2) is 4.79 Å². The fourth-order valence-electron chi connectivity index (χ4n) is 1.61. The van der Waals surface area contributed by atoms with Gasteiger partial charge in [0.15, 0.2) is 0 Å². The van der Waals surface area contributed by atoms with Crippen molar-refractivity contribution in [3.05, 3.63) is 35.4 Å². The molecule has 1 unspecified atom stereocenters. The van der Waals surface area contributed by atoms with E-state index in [2.05, 4.69) is 5.32 Å². The first-order valence-electron chi connectivity index (χ1n) is 5.79. The molecule has 1 aromatic carbocycles. The minimum absolute atomic E-state index is 0.00102. The highest BCUT2D eigenvalue weighted by Crippen LogP contribution is 2.09. The van der Waals surface area contributed by atoms with Crippen LogP contribution in [-0.4, -0.2) is 34.7 Å². The van der Waals surface area contributed by atoms with Gasteiger partial charge in [0, 0.05) is 0 Å². The van der Waals surface area contributed by atoms with Crippen LogP contribution in [0.1, 0.15) is 29.3 Å². The molecule has 0 aromatic heterocycles. The van der Waals surface area contributed by atoms with Crippen LogP contribution in [0.15, 0.2) is 24.3 Å². The first-order valence-corrected chi connectivity index (χ1v) is 5.79. The third-order valence-corrected chi connectivity index (χ3v) is 2.68. The first kappa shape index (κ1) is 14.2. The van der Waals surface area contributed by atoms with Crippen LogP contribution in [0, 0.1) is 0 Å². The molecule has 0 fully saturated rings. The molecule has 5 nitrogen and oxygen atoms in total. The third kappa shape index (κ3) is 3.85. The molecule has 5 heteroatoms. The second-order valence-corrected chi connectivity index (χ2v) is 3.99. The second kappa shape index (κ2) is 6.76. The molecule has 1 rings (SSSR count). The summed E-state index contributed by atoms with van der Waals surface area (Å²) in [6.07, 6.45) is 0.627. The minimum Gasteiger partial charge on any atom is -0.478 e. The fraction of sp³-hybridized carbons (Fsp3) is 0.385. The van der Waals surface area contributed by atoms with Crippen LogP contribution in [0.4, 0.5) is 0 Å². The smallest absolute Gasteiger partial charge is 0.335 e. The van der Waals surface area contributed by atoms with Crippen LogP contribution < -0.4 is 5.32 Å². The summed E-state index contributed by atoms with van der Waals surface area (Å²) >= 11 is 0. The van der Waals surface area contributed by atoms with Gasteiger partial charge in [-0.15, -0.1) is 0 Å². The van der Waals surface area contributed by atoms with Gasteiger partial charge in [-0.2, -0.15) is 0 Å². The van der Waals surface area contributed by atoms with Crippen LogP contribution in [0.3, 0.4) is 0 Å². The average Bonchev–Trinajstić information content (AvgIpc) is 2.36. The van der Waals surface area contributed by atoms with Crippen molar-refractivity contribution in [3.8, 4) is 0 Å². The zero-order valence-corrected chi connectivity index (χ0v) is 10.2. The quantitative estimate of drug-likeness (QED) is 0.698. The molecule has 0 heterocycles. The highest BCUT2D eigenvalue weighted by molar-refractivity contribution is 5.91. The summed E-state index contributed by atoms with van der Waals surface area (Å²) in [7, 11) is 0. The van der Waals surface area contributed by atoms with Crippen molar-refractivity contribution >= 4 is 11.9 Å². The Morgan fingerprint density at radius 1 is 1.33 bits per heavy atom. The molecule has 1 amide bonds. The van der Waals surface area contributed by atoms with Crippen LogP contribution in [0.5, 0.6) is 0 Å². The van der Waals surface area contributed by atoms with Gasteiger partial charge in [0.05, 0.1) is 24.6 Å². The fourth-order valence-corrected chi connectivity index (χ4v) is 1.61. The second-order valence-electron chi connectivity index (χ2n) is 3.99. The Morgan fingerprint density at radius 2 is 2.00 bits per heavy atom. The molecule has 0 aliphatic rings. The van der Waals surface area contributed by atoms with Crippen molar-refractivity contribution in [1.82, 2.24) is 5.32 Å². The molecule has 0 aliphatic heterocycles. The maximum atomic E-state index is 11.7. The van der Waals surface area contributed by atoms with Crippen molar-refractivity contribution in [2.75, 3.05) is 6.61 Å². The van der Waals surface area contributed by atoms with E-state index in [0.717, 1.165) is 0 Å². The lowest BCUT2D eigenvalue weighted by Crippen LogP contribution is -2.38. The predicted molar refractivity (Wildman–Crippen MR) is 66.4 cm³/mol. The summed E-state index contributed by atoms with van der Waals surface area (Å²) < 4.78 is 0. The first-order chi connectivity index (χ1) is 8.58. The van der Waals surface area contributed by atoms with Gasteiger partial charge in [-0.05, 0) is 18.1 Å². The zero-order chi connectivity index (χ0) is 13.5. The summed E-state index contributed by atoms with van der Waals surface area (Å²) in [6.45, 7) is 1.73. The molecule has 18 heavy (non-hydrogen) atoms. The van der Waals surface area contributed by atoms with Crippen molar-refractivity contribution in [2.45, 2.75) is 25.8 Å². The van der Waals surface area contributed by atoms with Gasteiger partial charge in [0.2, 0.25) is 5.91 Å². The summed E-state index contributed by atoms with van der Waals surface area (Å²) in [6, 6.07) is 6.11. The maximum absolute atomic E-state index is 11.7. The highest BCUT2D eigenvalue weighted by Gasteiger charge is 2.14. The van der Waals surface area contributed by atoms with Gasteiger partial charge >= 0.3 is 5.97 Å². The maximum Gasteiger partial charge on any atom is 0.335 e. The number of hydrogen-bond acceptors (Lipinski definition) is 3. The number of aliphatic hydroxyl groups is 1. The van der Waals surface area contributed by atoms with Crippen molar-refractivity contribution in [1.29, 1.82) is 0 Å². The summed E-state index contributed by atoms with van der Waals surface area (Å²) in [5, 5.41) is 20.6. The zero-order valence-electron chi connectivity index (χ0n) is 10.2. The third-order valence-electron chi connectivity index (χ3n) is 2.68. The lowest BCUT2D eigenvalue weighted by Gasteiger charge is -2.14. The van der Waals surface area contributed by atoms with E-state index in [4.69, 9.17) is 10.2 Å². The molecule has 0 aliphatic carbocycles. The van der Waals surface area contributed by atoms with Crippen LogP contribution in [-0.2, 0) is 11.2 Å². The summed E-state index contributed by atoms with van der Waals surface area (Å²) in [4.78, 5) is 22.7. The molecular formula is C13H17NO4. The number of carboxylic acids is 1. The largest absolute Gasteiger partial charge is 0.478 e. The Labute approximate surface area is 105 Å². The number of carboxylic acid groups (broad SMARTS) is 1. The van der Waals surface area contributed by atoms with E-state index in [0.29, 0.717) is 12.0 Å². The number of hydrogen-bond donors (Lipinski definition) is 3. The van der Waals surface area contributed by atoms with E-state index in [1.807, 2.05) is 6.92 Å². The van der Waals surface area contributed by atoms with Gasteiger partial charge < -0.3 is 15.5 Å². The molecule has 0 radical (unpaired) electrons. The van der Waals surface area contributed by atoms with E-state index < -0.39 is 5.97 Å². The number of aromatic carboxylic acids is 1. The van der Waals surface area contributed by atoms with Crippen molar-refractivity contribution in [3.63, 3.8) is 0 Å². The number of rotatable bonds is 6. The average molecular weight is 251 g/mol. The van der Waals surface area contributed by atoms with Crippen LogP contribution in [0.25, 0.3) is 0 Å². The van der Waals surface area contributed by atoms with Crippen LogP contribution >= 0.6 is 0 Å². The van der Waals surface area contributed by atoms with Gasteiger partial charge in [-0.3, -0.25) is 4.79 Å². The van der Waals surface area contributed by atoms with Crippen molar-refractivity contribution < 1.29 is 19.8 Å². The van der Waals surface area contributed by atoms with Gasteiger partial charge in [0.25, 0.3) is 0 Å².